The van der Waals surface area contributed by atoms with E-state index in [0.29, 0.717) is 14.5 Å². The fraction of sp³-hybridized carbons (Fsp3) is 0. The van der Waals surface area contributed by atoms with E-state index in [1.54, 1.807) is 0 Å². The Kier molecular flexibility index (Phi) is 22.0. The number of thiophene rings is 2. The molecular weight excluding hydrogens is 1790 g/mol. The van der Waals surface area contributed by atoms with Gasteiger partial charge in [-0.3, -0.25) is 0 Å². The predicted octanol–water partition coefficient (Wildman–Crippen LogP) is 38.2. The van der Waals surface area contributed by atoms with Crippen molar-refractivity contribution in [2.24, 2.45) is 0 Å². The van der Waals surface area contributed by atoms with Crippen molar-refractivity contribution in [1.82, 2.24) is 0 Å². The van der Waals surface area contributed by atoms with Crippen molar-refractivity contribution in [2.75, 3.05) is 29.4 Å². The zero-order chi connectivity index (χ0) is 92.1. The van der Waals surface area contributed by atoms with Crippen LogP contribution in [-0.4, -0.2) is 14.5 Å². The molecule has 0 aliphatic rings. The van der Waals surface area contributed by atoms with Crippen LogP contribution >= 0.6 is 22.7 Å². The summed E-state index contributed by atoms with van der Waals surface area (Å²) in [6.07, 6.45) is 0. The molecular formula is C130H88N6S2Se. The minimum atomic E-state index is 0.323. The molecule has 3 aromatic heterocycles. The second-order valence-corrected chi connectivity index (χ2v) is 39.5. The van der Waals surface area contributed by atoms with Gasteiger partial charge in [0.2, 0.25) is 0 Å². The third kappa shape index (κ3) is 15.9. The molecule has 26 aromatic rings. The van der Waals surface area contributed by atoms with E-state index in [1.165, 1.54) is 131 Å². The van der Waals surface area contributed by atoms with Crippen LogP contribution in [0.4, 0.5) is 102 Å². The van der Waals surface area contributed by atoms with Crippen LogP contribution in [0, 0.1) is 0 Å². The second kappa shape index (κ2) is 36.6. The molecule has 656 valence electrons. The van der Waals surface area contributed by atoms with Crippen LogP contribution in [0.3, 0.4) is 0 Å². The van der Waals surface area contributed by atoms with Crippen molar-refractivity contribution in [3.05, 3.63) is 534 Å². The van der Waals surface area contributed by atoms with Crippen LogP contribution in [-0.2, 0) is 0 Å². The SMILES string of the molecule is c1ccc(-c2ccc(N(c3ccc4c(c3)sc3cc(N(c5ccccc5)c5ccccc5N(c5ccc(-c6ccccc6)cc5)c5cccc6ccccc56)ccc34)c3cccc4ccccc34)cc2)cc1.c1ccc(N(c2ccc3c(c2)sc2cc(N(c4ccc5ccccc5c4)c4cccc5c(N(c6ccccc6)c6ccccc6)cccc45)ccc23)c2ccc3[se]c4ccccc4c3c2)cc1. The van der Waals surface area contributed by atoms with E-state index < -0.39 is 0 Å². The zero-order valence-electron chi connectivity index (χ0n) is 75.7. The Balaban J connectivity index is 0.000000147. The van der Waals surface area contributed by atoms with Gasteiger partial charge >= 0.3 is 202 Å². The van der Waals surface area contributed by atoms with Crippen LogP contribution in [0.2, 0.25) is 0 Å². The maximum absolute atomic E-state index is 2.45. The van der Waals surface area contributed by atoms with Gasteiger partial charge in [-0.05, 0) is 177 Å². The van der Waals surface area contributed by atoms with Gasteiger partial charge in [0.25, 0.3) is 0 Å². The van der Waals surface area contributed by atoms with Crippen molar-refractivity contribution in [3.63, 3.8) is 0 Å². The molecule has 0 aliphatic carbocycles. The van der Waals surface area contributed by atoms with Gasteiger partial charge in [-0.2, -0.15) is 0 Å². The molecule has 139 heavy (non-hydrogen) atoms. The molecule has 3 heterocycles. The summed E-state index contributed by atoms with van der Waals surface area (Å²) in [7, 11) is 0. The summed E-state index contributed by atoms with van der Waals surface area (Å²) < 4.78 is 7.88. The third-order valence-corrected chi connectivity index (χ3v) is 31.4. The van der Waals surface area contributed by atoms with Crippen LogP contribution in [0.25, 0.3) is 125 Å². The summed E-state index contributed by atoms with van der Waals surface area (Å²) in [6.45, 7) is 0. The Morgan fingerprint density at radius 1 is 0.129 bits per heavy atom. The van der Waals surface area contributed by atoms with E-state index in [4.69, 9.17) is 0 Å². The van der Waals surface area contributed by atoms with Gasteiger partial charge in [-0.15, -0.1) is 11.3 Å². The molecule has 0 radical (unpaired) electrons. The average Bonchev–Trinajstić information content (AvgIpc) is 1.71. The monoisotopic (exact) mass is 1880 g/mol. The standard InChI is InChI=1S/C68H47N3S.C62H41N3SSe/c1-4-18-48(19-5-1)50-34-38-55(39-35-50)69(63-32-16-24-52-22-10-12-28-59(52)63)57-42-44-61-62-45-43-58(47-68(62)72-67(61)46-57)70(54-26-8-3-9-27-54)65-30-14-15-31-66(65)71(64-33-17-25-53-23-11-13-29-60(53)64)56-40-36-51(37-41-56)49-20-6-2-7-21-49;1-4-18-44(19-5-1)63(48-34-37-62-56(39-48)55-24-12-13-29-61(55)67-62)49-32-35-53-54-36-33-50(41-60(54)66-59(53)40-49)65(47-31-30-42-16-10-11-17-43(42)38-47)58-28-15-25-51-52(58)26-14-27-57(51)64(45-20-6-2-7-21-45)46-22-8-3-9-23-46/h1-47H;1-41H. The maximum atomic E-state index is 2.45. The molecule has 0 fully saturated rings. The molecule has 6 nitrogen and oxygen atoms in total. The van der Waals surface area contributed by atoms with Crippen molar-refractivity contribution in [2.45, 2.75) is 0 Å². The molecule has 0 aliphatic heterocycles. The number of fused-ring (bicyclic) bond motifs is 13. The molecule has 0 atom stereocenters. The first-order chi connectivity index (χ1) is 68.9. The molecule has 26 rings (SSSR count). The van der Waals surface area contributed by atoms with Gasteiger partial charge in [-0.1, -0.05) is 291 Å². The average molecular weight is 1880 g/mol. The number of benzene rings is 23. The van der Waals surface area contributed by atoms with Gasteiger partial charge in [0, 0.05) is 87.2 Å². The summed E-state index contributed by atoms with van der Waals surface area (Å²) in [5, 5.41) is 17.3. The normalized spacial score (nSPS) is 11.5. The fourth-order valence-electron chi connectivity index (χ4n) is 20.3. The van der Waals surface area contributed by atoms with Crippen LogP contribution in [0.5, 0.6) is 0 Å². The van der Waals surface area contributed by atoms with Crippen LogP contribution in [0.1, 0.15) is 0 Å². The first-order valence-corrected chi connectivity index (χ1v) is 50.5. The Bertz CT molecular complexity index is 9000. The summed E-state index contributed by atoms with van der Waals surface area (Å²) in [5.41, 5.74) is 24.8. The quantitative estimate of drug-likeness (QED) is 0.0704. The van der Waals surface area contributed by atoms with Crippen LogP contribution in [0.15, 0.2) is 534 Å². The molecule has 0 saturated carbocycles. The molecule has 23 aromatic carbocycles. The van der Waals surface area contributed by atoms with Crippen molar-refractivity contribution in [1.29, 1.82) is 0 Å². The third-order valence-electron chi connectivity index (χ3n) is 26.8. The Hall–Kier alpha value is -17.1. The minimum absolute atomic E-state index is 0.323. The number of para-hydroxylation sites is 6. The van der Waals surface area contributed by atoms with E-state index in [0.717, 1.165) is 96.7 Å². The van der Waals surface area contributed by atoms with Gasteiger partial charge < -0.3 is 24.5 Å². The van der Waals surface area contributed by atoms with Gasteiger partial charge in [0.05, 0.1) is 34.1 Å². The van der Waals surface area contributed by atoms with E-state index >= 15 is 0 Å². The van der Waals surface area contributed by atoms with E-state index in [1.807, 2.05) is 22.7 Å². The number of rotatable bonds is 20. The first kappa shape index (κ1) is 83.7. The first-order valence-electron chi connectivity index (χ1n) is 47.1. The molecule has 9 heteroatoms. The topological polar surface area (TPSA) is 19.4 Å². The molecule has 0 spiro atoms. The van der Waals surface area contributed by atoms with E-state index in [2.05, 4.69) is 563 Å². The molecule has 0 N–H and O–H groups in total. The van der Waals surface area contributed by atoms with Gasteiger partial charge in [-0.25, -0.2) is 0 Å². The molecule has 0 unspecified atom stereocenters. The summed E-state index contributed by atoms with van der Waals surface area (Å²) in [4.78, 5) is 14.5. The second-order valence-electron chi connectivity index (χ2n) is 35.1. The number of hydrogen-bond donors (Lipinski definition) is 0. The van der Waals surface area contributed by atoms with E-state index in [-0.39, 0.29) is 0 Å². The fourth-order valence-corrected chi connectivity index (χ4v) is 24.9. The zero-order valence-corrected chi connectivity index (χ0v) is 79.1. The van der Waals surface area contributed by atoms with Gasteiger partial charge in [0.1, 0.15) is 0 Å². The molecule has 0 amide bonds. The molecule has 0 bridgehead atoms. The van der Waals surface area contributed by atoms with Crippen molar-refractivity contribution in [3.8, 4) is 22.3 Å². The summed E-state index contributed by atoms with van der Waals surface area (Å²) >= 11 is 4.04. The predicted molar refractivity (Wildman–Crippen MR) is 600 cm³/mol. The summed E-state index contributed by atoms with van der Waals surface area (Å²) in [6, 6.07) is 194. The van der Waals surface area contributed by atoms with Gasteiger partial charge in [0.15, 0.2) is 0 Å². The Morgan fingerprint density at radius 2 is 0.396 bits per heavy atom. The van der Waals surface area contributed by atoms with Crippen LogP contribution < -0.4 is 29.4 Å². The number of nitrogens with zero attached hydrogens (tertiary/aromatic N) is 6. The number of anilines is 18. The summed E-state index contributed by atoms with van der Waals surface area (Å²) in [5.74, 6) is 0. The number of hydrogen-bond acceptors (Lipinski definition) is 8. The Morgan fingerprint density at radius 3 is 0.871 bits per heavy atom. The van der Waals surface area contributed by atoms with E-state index in [9.17, 15) is 0 Å². The van der Waals surface area contributed by atoms with Crippen molar-refractivity contribution >= 4 is 242 Å². The Labute approximate surface area is 821 Å². The molecule has 0 saturated heterocycles. The van der Waals surface area contributed by atoms with Crippen molar-refractivity contribution < 1.29 is 0 Å².